The van der Waals surface area contributed by atoms with Crippen LogP contribution < -0.4 is 11.1 Å². The van der Waals surface area contributed by atoms with Crippen molar-refractivity contribution in [3.63, 3.8) is 0 Å². The summed E-state index contributed by atoms with van der Waals surface area (Å²) >= 11 is 0. The van der Waals surface area contributed by atoms with Crippen molar-refractivity contribution in [2.45, 2.75) is 6.42 Å². The van der Waals surface area contributed by atoms with Crippen molar-refractivity contribution in [1.82, 2.24) is 10.2 Å². The zero-order valence-electron chi connectivity index (χ0n) is 6.88. The fourth-order valence-electron chi connectivity index (χ4n) is 1.15. The molecule has 0 aromatic heterocycles. The fraction of sp³-hybridized carbons (Fsp3) is 0.714. The minimum atomic E-state index is -0.0912. The lowest BCUT2D eigenvalue weighted by atomic mass is 10.3. The topological polar surface area (TPSA) is 75.4 Å². The summed E-state index contributed by atoms with van der Waals surface area (Å²) in [4.78, 5) is 23.6. The van der Waals surface area contributed by atoms with Gasteiger partial charge in [0.25, 0.3) is 0 Å². The van der Waals surface area contributed by atoms with Crippen LogP contribution >= 0.6 is 0 Å². The van der Waals surface area contributed by atoms with Gasteiger partial charge < -0.3 is 16.0 Å². The molecule has 3 N–H and O–H groups in total. The Bertz CT molecular complexity index is 193. The molecule has 0 aromatic carbocycles. The number of nitrogens with one attached hydrogen (secondary N) is 1. The summed E-state index contributed by atoms with van der Waals surface area (Å²) < 4.78 is 0. The van der Waals surface area contributed by atoms with E-state index in [0.29, 0.717) is 26.1 Å². The van der Waals surface area contributed by atoms with Gasteiger partial charge in [-0.05, 0) is 0 Å². The van der Waals surface area contributed by atoms with Gasteiger partial charge in [0.1, 0.15) is 0 Å². The van der Waals surface area contributed by atoms with Crippen LogP contribution in [0.5, 0.6) is 0 Å². The van der Waals surface area contributed by atoms with E-state index in [1.807, 2.05) is 0 Å². The van der Waals surface area contributed by atoms with Crippen LogP contribution in [0.4, 0.5) is 0 Å². The lowest BCUT2D eigenvalue weighted by Gasteiger charge is -2.17. The Kier molecular flexibility index (Phi) is 3.04. The van der Waals surface area contributed by atoms with Crippen molar-refractivity contribution < 1.29 is 9.59 Å². The van der Waals surface area contributed by atoms with Crippen molar-refractivity contribution >= 4 is 11.8 Å². The van der Waals surface area contributed by atoms with E-state index in [9.17, 15) is 9.59 Å². The van der Waals surface area contributed by atoms with Crippen LogP contribution in [0.15, 0.2) is 0 Å². The molecule has 1 rings (SSSR count). The van der Waals surface area contributed by atoms with E-state index in [-0.39, 0.29) is 18.4 Å². The normalized spacial score (nSPS) is 18.4. The van der Waals surface area contributed by atoms with Gasteiger partial charge in [0, 0.05) is 26.1 Å². The highest BCUT2D eigenvalue weighted by Gasteiger charge is 2.16. The molecule has 5 nitrogen and oxygen atoms in total. The second-order valence-corrected chi connectivity index (χ2v) is 2.68. The summed E-state index contributed by atoms with van der Waals surface area (Å²) in [5, 5.41) is 2.68. The summed E-state index contributed by atoms with van der Waals surface area (Å²) in [7, 11) is 0. The second-order valence-electron chi connectivity index (χ2n) is 2.68. The number of amides is 2. The van der Waals surface area contributed by atoms with Gasteiger partial charge in [-0.25, -0.2) is 0 Å². The van der Waals surface area contributed by atoms with E-state index in [0.717, 1.165) is 0 Å². The minimum absolute atomic E-state index is 0.00215. The molecule has 2 amide bonds. The van der Waals surface area contributed by atoms with Crippen LogP contribution in [0.2, 0.25) is 0 Å². The number of carbonyl (C=O) groups excluding carboxylic acids is 2. The maximum absolute atomic E-state index is 11.1. The van der Waals surface area contributed by atoms with Crippen LogP contribution in [-0.2, 0) is 9.59 Å². The summed E-state index contributed by atoms with van der Waals surface area (Å²) in [5.74, 6) is -0.0891. The largest absolute Gasteiger partial charge is 0.354 e. The fourth-order valence-corrected chi connectivity index (χ4v) is 1.15. The summed E-state index contributed by atoms with van der Waals surface area (Å²) in [5.41, 5.74) is 5.19. The predicted octanol–water partition coefficient (Wildman–Crippen LogP) is -1.71. The summed E-state index contributed by atoms with van der Waals surface area (Å²) in [6.07, 6.45) is 0.381. The van der Waals surface area contributed by atoms with Gasteiger partial charge in [-0.1, -0.05) is 0 Å². The maximum Gasteiger partial charge on any atom is 0.236 e. The molecule has 0 bridgehead atoms. The predicted molar refractivity (Wildman–Crippen MR) is 43.3 cm³/mol. The van der Waals surface area contributed by atoms with Crippen LogP contribution in [0, 0.1) is 0 Å². The first-order chi connectivity index (χ1) is 5.74. The smallest absolute Gasteiger partial charge is 0.236 e. The van der Waals surface area contributed by atoms with Crippen molar-refractivity contribution in [3.05, 3.63) is 0 Å². The first-order valence-electron chi connectivity index (χ1n) is 3.98. The van der Waals surface area contributed by atoms with Crippen LogP contribution in [0.25, 0.3) is 0 Å². The Morgan fingerprint density at radius 1 is 1.58 bits per heavy atom. The number of rotatable bonds is 1. The molecule has 1 saturated heterocycles. The summed E-state index contributed by atoms with van der Waals surface area (Å²) in [6, 6.07) is 0. The third kappa shape index (κ3) is 2.20. The van der Waals surface area contributed by atoms with Crippen molar-refractivity contribution in [2.75, 3.05) is 26.2 Å². The molecule has 0 spiro atoms. The van der Waals surface area contributed by atoms with Gasteiger partial charge in [0.2, 0.25) is 11.8 Å². The Morgan fingerprint density at radius 2 is 2.33 bits per heavy atom. The van der Waals surface area contributed by atoms with E-state index in [1.54, 1.807) is 4.90 Å². The highest BCUT2D eigenvalue weighted by molar-refractivity contribution is 5.81. The number of nitrogens with two attached hydrogens (primary N) is 1. The van der Waals surface area contributed by atoms with E-state index >= 15 is 0 Å². The second kappa shape index (κ2) is 4.06. The Balaban J connectivity index is 2.45. The molecule has 0 aromatic rings. The zero-order valence-corrected chi connectivity index (χ0v) is 6.88. The molecule has 0 aliphatic carbocycles. The molecule has 1 aliphatic heterocycles. The quantitative estimate of drug-likeness (QED) is 0.493. The van der Waals surface area contributed by atoms with E-state index in [4.69, 9.17) is 5.73 Å². The Labute approximate surface area is 70.9 Å². The lowest BCUT2D eigenvalue weighted by molar-refractivity contribution is -0.129. The molecule has 0 radical (unpaired) electrons. The molecule has 0 atom stereocenters. The SMILES string of the molecule is NCC(=O)N1CCNC(=O)CC1. The molecular weight excluding hydrogens is 158 g/mol. The summed E-state index contributed by atoms with van der Waals surface area (Å²) in [6.45, 7) is 1.61. The van der Waals surface area contributed by atoms with Gasteiger partial charge in [-0.15, -0.1) is 0 Å². The zero-order chi connectivity index (χ0) is 8.97. The van der Waals surface area contributed by atoms with Crippen molar-refractivity contribution in [1.29, 1.82) is 0 Å². The minimum Gasteiger partial charge on any atom is -0.354 e. The van der Waals surface area contributed by atoms with Gasteiger partial charge >= 0.3 is 0 Å². The highest BCUT2D eigenvalue weighted by Crippen LogP contribution is 1.95. The molecule has 1 heterocycles. The molecule has 1 fully saturated rings. The molecule has 0 unspecified atom stereocenters. The number of nitrogens with zero attached hydrogens (tertiary/aromatic N) is 1. The third-order valence-electron chi connectivity index (χ3n) is 1.84. The average molecular weight is 171 g/mol. The van der Waals surface area contributed by atoms with Crippen LogP contribution in [0.1, 0.15) is 6.42 Å². The Hall–Kier alpha value is -1.10. The van der Waals surface area contributed by atoms with Gasteiger partial charge in [0.05, 0.1) is 6.54 Å². The number of hydrogen-bond donors (Lipinski definition) is 2. The van der Waals surface area contributed by atoms with E-state index in [2.05, 4.69) is 5.32 Å². The van der Waals surface area contributed by atoms with Crippen LogP contribution in [0.3, 0.4) is 0 Å². The maximum atomic E-state index is 11.1. The van der Waals surface area contributed by atoms with Gasteiger partial charge in [0.15, 0.2) is 0 Å². The van der Waals surface area contributed by atoms with E-state index in [1.165, 1.54) is 0 Å². The van der Waals surface area contributed by atoms with Gasteiger partial charge in [-0.3, -0.25) is 9.59 Å². The Morgan fingerprint density at radius 3 is 3.00 bits per heavy atom. The monoisotopic (exact) mass is 171 g/mol. The molecular formula is C7H13N3O2. The third-order valence-corrected chi connectivity index (χ3v) is 1.84. The average Bonchev–Trinajstić information content (AvgIpc) is 2.29. The highest BCUT2D eigenvalue weighted by atomic mass is 16.2. The molecule has 5 heteroatoms. The van der Waals surface area contributed by atoms with E-state index < -0.39 is 0 Å². The van der Waals surface area contributed by atoms with Gasteiger partial charge in [-0.2, -0.15) is 0 Å². The molecule has 68 valence electrons. The van der Waals surface area contributed by atoms with Crippen molar-refractivity contribution in [3.8, 4) is 0 Å². The number of hydrogen-bond acceptors (Lipinski definition) is 3. The van der Waals surface area contributed by atoms with Crippen molar-refractivity contribution in [2.24, 2.45) is 5.73 Å². The number of carbonyl (C=O) groups is 2. The standard InChI is InChI=1S/C7H13N3O2/c8-5-7(12)10-3-1-6(11)9-2-4-10/h1-5,8H2,(H,9,11). The molecule has 1 aliphatic rings. The first kappa shape index (κ1) is 8.99. The van der Waals surface area contributed by atoms with Crippen LogP contribution in [-0.4, -0.2) is 42.9 Å². The lowest BCUT2D eigenvalue weighted by Crippen LogP contribution is -2.38. The molecule has 0 saturated carbocycles. The first-order valence-corrected chi connectivity index (χ1v) is 3.98. The molecule has 12 heavy (non-hydrogen) atoms.